The molecule has 2 aliphatic heterocycles. The van der Waals surface area contributed by atoms with Gasteiger partial charge in [0, 0.05) is 31.1 Å². The summed E-state index contributed by atoms with van der Waals surface area (Å²) < 4.78 is 0. The van der Waals surface area contributed by atoms with Crippen molar-refractivity contribution in [2.24, 2.45) is 11.8 Å². The summed E-state index contributed by atoms with van der Waals surface area (Å²) in [7, 11) is 4.43. The Balaban J connectivity index is 1.89. The van der Waals surface area contributed by atoms with Crippen LogP contribution in [0.15, 0.2) is 0 Å². The van der Waals surface area contributed by atoms with E-state index in [-0.39, 0.29) is 6.10 Å². The Kier molecular flexibility index (Phi) is 4.58. The van der Waals surface area contributed by atoms with E-state index < -0.39 is 0 Å². The average Bonchev–Trinajstić information content (AvgIpc) is 2.44. The van der Waals surface area contributed by atoms with Crippen LogP contribution in [0.2, 0.25) is 0 Å². The molecular weight excluding hydrogens is 264 g/mol. The fourth-order valence-corrected chi connectivity index (χ4v) is 5.21. The van der Waals surface area contributed by atoms with Gasteiger partial charge in [0.2, 0.25) is 0 Å². The minimum atomic E-state index is -0.157. The summed E-state index contributed by atoms with van der Waals surface area (Å²) in [4.78, 5) is 9.99. The Morgan fingerprint density at radius 3 is 2.10 bits per heavy atom. The van der Waals surface area contributed by atoms with Gasteiger partial charge in [0.05, 0.1) is 19.4 Å². The molecule has 5 atom stereocenters. The van der Waals surface area contributed by atoms with Gasteiger partial charge in [0.15, 0.2) is 0 Å². The van der Waals surface area contributed by atoms with Crippen LogP contribution in [0.4, 0.5) is 0 Å². The van der Waals surface area contributed by atoms with E-state index in [1.165, 1.54) is 0 Å². The molecule has 5 unspecified atom stereocenters. The van der Waals surface area contributed by atoms with E-state index in [0.717, 1.165) is 45.9 Å². The van der Waals surface area contributed by atoms with Crippen molar-refractivity contribution in [3.63, 3.8) is 0 Å². The topological polar surface area (TPSA) is 33.2 Å². The molecule has 0 spiro atoms. The molecule has 1 N–H and O–H groups in total. The van der Waals surface area contributed by atoms with E-state index in [1.807, 2.05) is 0 Å². The molecule has 5 nitrogen and oxygen atoms in total. The molecule has 0 aromatic heterocycles. The van der Waals surface area contributed by atoms with Crippen molar-refractivity contribution in [3.05, 3.63) is 0 Å². The minimum absolute atomic E-state index is 0.157. The molecule has 2 saturated heterocycles. The van der Waals surface area contributed by atoms with Crippen LogP contribution in [-0.2, 0) is 0 Å². The molecule has 122 valence electrons. The molecular formula is C16H32N4O. The molecule has 5 heteroatoms. The summed E-state index contributed by atoms with van der Waals surface area (Å²) in [5, 5.41) is 10.8. The zero-order chi connectivity index (χ0) is 15.1. The third kappa shape index (κ3) is 2.75. The van der Waals surface area contributed by atoms with Gasteiger partial charge in [-0.3, -0.25) is 19.6 Å². The third-order valence-electron chi connectivity index (χ3n) is 5.87. The van der Waals surface area contributed by atoms with Gasteiger partial charge in [-0.15, -0.1) is 0 Å². The van der Waals surface area contributed by atoms with Crippen LogP contribution < -0.4 is 0 Å². The molecule has 1 aliphatic carbocycles. The first-order valence-electron chi connectivity index (χ1n) is 8.58. The molecule has 3 aliphatic rings. The van der Waals surface area contributed by atoms with Crippen LogP contribution in [0.5, 0.6) is 0 Å². The standard InChI is InChI=1S/C16H32N4O/c1-5-19-10-17(3)8-12-7-14(21)16-13(15(12)19)9-18(4)11-20(16)6-2/h12-16,21H,5-11H2,1-4H3. The van der Waals surface area contributed by atoms with Gasteiger partial charge >= 0.3 is 0 Å². The SMILES string of the molecule is CCN1CN(C)CC2C1C(O)CC1CN(C)CN(CC)C12. The molecule has 0 aromatic carbocycles. The zero-order valence-electron chi connectivity index (χ0n) is 14.1. The largest absolute Gasteiger partial charge is 0.391 e. The van der Waals surface area contributed by atoms with Crippen LogP contribution in [0.25, 0.3) is 0 Å². The quantitative estimate of drug-likeness (QED) is 0.786. The fraction of sp³-hybridized carbons (Fsp3) is 1.00. The van der Waals surface area contributed by atoms with Gasteiger partial charge in [-0.25, -0.2) is 0 Å². The van der Waals surface area contributed by atoms with E-state index in [2.05, 4.69) is 47.5 Å². The summed E-state index contributed by atoms with van der Waals surface area (Å²) in [6.07, 6.45) is 0.808. The fourth-order valence-electron chi connectivity index (χ4n) is 5.21. The summed E-state index contributed by atoms with van der Waals surface area (Å²) >= 11 is 0. The minimum Gasteiger partial charge on any atom is -0.391 e. The van der Waals surface area contributed by atoms with Crippen molar-refractivity contribution in [3.8, 4) is 0 Å². The smallest absolute Gasteiger partial charge is 0.0703 e. The van der Waals surface area contributed by atoms with E-state index in [0.29, 0.717) is 23.9 Å². The molecule has 2 heterocycles. The highest BCUT2D eigenvalue weighted by atomic mass is 16.3. The number of likely N-dealkylation sites (N-methyl/N-ethyl adjacent to an activating group) is 1. The first-order chi connectivity index (χ1) is 10.0. The number of aliphatic hydroxyl groups excluding tert-OH is 1. The monoisotopic (exact) mass is 296 g/mol. The molecule has 21 heavy (non-hydrogen) atoms. The summed E-state index contributed by atoms with van der Waals surface area (Å²) in [6.45, 7) is 11.0. The Bertz CT molecular complexity index is 366. The second kappa shape index (κ2) is 6.13. The third-order valence-corrected chi connectivity index (χ3v) is 5.87. The average molecular weight is 296 g/mol. The number of fused-ring (bicyclic) bond motifs is 3. The summed E-state index contributed by atoms with van der Waals surface area (Å²) in [5.74, 6) is 1.19. The number of hydrogen-bond donors (Lipinski definition) is 1. The van der Waals surface area contributed by atoms with Gasteiger partial charge in [-0.05, 0) is 39.5 Å². The molecule has 3 fully saturated rings. The maximum atomic E-state index is 10.8. The maximum absolute atomic E-state index is 10.8. The predicted molar refractivity (Wildman–Crippen MR) is 84.9 cm³/mol. The van der Waals surface area contributed by atoms with Crippen molar-refractivity contribution in [2.75, 3.05) is 53.6 Å². The Labute approximate surface area is 129 Å². The van der Waals surface area contributed by atoms with Crippen molar-refractivity contribution in [1.29, 1.82) is 0 Å². The summed E-state index contributed by atoms with van der Waals surface area (Å²) in [5.41, 5.74) is 0. The number of aliphatic hydroxyl groups is 1. The van der Waals surface area contributed by atoms with E-state index >= 15 is 0 Å². The maximum Gasteiger partial charge on any atom is 0.0703 e. The lowest BCUT2D eigenvalue weighted by Gasteiger charge is -2.59. The van der Waals surface area contributed by atoms with E-state index in [1.54, 1.807) is 0 Å². The molecule has 0 bridgehead atoms. The van der Waals surface area contributed by atoms with Crippen molar-refractivity contribution >= 4 is 0 Å². The molecule has 0 amide bonds. The molecule has 1 saturated carbocycles. The van der Waals surface area contributed by atoms with Gasteiger partial charge in [-0.2, -0.15) is 0 Å². The number of rotatable bonds is 2. The van der Waals surface area contributed by atoms with Crippen LogP contribution in [-0.4, -0.2) is 96.5 Å². The molecule has 0 radical (unpaired) electrons. The van der Waals surface area contributed by atoms with E-state index in [9.17, 15) is 5.11 Å². The Morgan fingerprint density at radius 2 is 1.48 bits per heavy atom. The number of nitrogens with zero attached hydrogens (tertiary/aromatic N) is 4. The van der Waals surface area contributed by atoms with Crippen LogP contribution in [0.1, 0.15) is 20.3 Å². The first kappa shape index (κ1) is 15.7. The highest BCUT2D eigenvalue weighted by Crippen LogP contribution is 2.40. The Hall–Kier alpha value is -0.200. The first-order valence-corrected chi connectivity index (χ1v) is 8.58. The van der Waals surface area contributed by atoms with Gasteiger partial charge in [-0.1, -0.05) is 13.8 Å². The van der Waals surface area contributed by atoms with Crippen LogP contribution >= 0.6 is 0 Å². The van der Waals surface area contributed by atoms with Crippen molar-refractivity contribution < 1.29 is 5.11 Å². The van der Waals surface area contributed by atoms with Crippen LogP contribution in [0.3, 0.4) is 0 Å². The molecule has 0 aromatic rings. The van der Waals surface area contributed by atoms with Crippen molar-refractivity contribution in [1.82, 2.24) is 19.6 Å². The number of hydrogen-bond acceptors (Lipinski definition) is 5. The normalized spacial score (nSPS) is 43.6. The summed E-state index contributed by atoms with van der Waals surface area (Å²) in [6, 6.07) is 0.987. The lowest BCUT2D eigenvalue weighted by atomic mass is 9.69. The lowest BCUT2D eigenvalue weighted by Crippen LogP contribution is -2.71. The second-order valence-corrected chi connectivity index (χ2v) is 7.38. The highest BCUT2D eigenvalue weighted by Gasteiger charge is 2.51. The van der Waals surface area contributed by atoms with Gasteiger partial charge < -0.3 is 5.11 Å². The lowest BCUT2D eigenvalue weighted by molar-refractivity contribution is -0.145. The molecule has 3 rings (SSSR count). The van der Waals surface area contributed by atoms with E-state index in [4.69, 9.17) is 0 Å². The second-order valence-electron chi connectivity index (χ2n) is 7.38. The van der Waals surface area contributed by atoms with Gasteiger partial charge in [0.1, 0.15) is 0 Å². The zero-order valence-corrected chi connectivity index (χ0v) is 14.1. The highest BCUT2D eigenvalue weighted by molar-refractivity contribution is 5.05. The van der Waals surface area contributed by atoms with Crippen molar-refractivity contribution in [2.45, 2.75) is 38.5 Å². The van der Waals surface area contributed by atoms with Gasteiger partial charge in [0.25, 0.3) is 0 Å². The van der Waals surface area contributed by atoms with Crippen LogP contribution in [0, 0.1) is 11.8 Å². The Morgan fingerprint density at radius 1 is 0.905 bits per heavy atom. The predicted octanol–water partition coefficient (Wildman–Crippen LogP) is 0.170.